The molecule has 1 aliphatic heterocycles. The van der Waals surface area contributed by atoms with Crippen molar-refractivity contribution >= 4 is 17.6 Å². The summed E-state index contributed by atoms with van der Waals surface area (Å²) in [6.45, 7) is 0. The van der Waals surface area contributed by atoms with Crippen molar-refractivity contribution in [3.05, 3.63) is 34.9 Å². The van der Waals surface area contributed by atoms with Crippen LogP contribution in [0.1, 0.15) is 18.0 Å². The number of nitrogens with one attached hydrogen (secondary N) is 1. The Labute approximate surface area is 86.7 Å². The molecule has 0 bridgehead atoms. The fourth-order valence-electron chi connectivity index (χ4n) is 1.60. The third-order valence-electron chi connectivity index (χ3n) is 2.45. The lowest BCUT2D eigenvalue weighted by atomic mass is 9.91. The van der Waals surface area contributed by atoms with Crippen LogP contribution in [-0.2, 0) is 4.79 Å². The molecular formula is C10H10ClNO2. The number of hydrogen-bond donors (Lipinski definition) is 2. The van der Waals surface area contributed by atoms with E-state index in [1.54, 1.807) is 0 Å². The van der Waals surface area contributed by atoms with Crippen molar-refractivity contribution in [3.8, 4) is 0 Å². The maximum absolute atomic E-state index is 10.5. The van der Waals surface area contributed by atoms with Gasteiger partial charge in [0.15, 0.2) is 0 Å². The van der Waals surface area contributed by atoms with Gasteiger partial charge in [0.25, 0.3) is 0 Å². The Kier molecular flexibility index (Phi) is 2.44. The molecule has 1 aromatic rings. The predicted octanol–water partition coefficient (Wildman–Crippen LogP) is 1.83. The van der Waals surface area contributed by atoms with Gasteiger partial charge in [0, 0.05) is 11.1 Å². The van der Waals surface area contributed by atoms with E-state index in [1.165, 1.54) is 0 Å². The zero-order valence-corrected chi connectivity index (χ0v) is 8.16. The summed E-state index contributed by atoms with van der Waals surface area (Å²) in [5.74, 6) is -0.798. The largest absolute Gasteiger partial charge is 0.480 e. The van der Waals surface area contributed by atoms with Crippen molar-refractivity contribution in [3.63, 3.8) is 0 Å². The molecule has 0 radical (unpaired) electrons. The minimum Gasteiger partial charge on any atom is -0.480 e. The first-order chi connectivity index (χ1) is 6.68. The molecule has 0 spiro atoms. The van der Waals surface area contributed by atoms with Crippen molar-refractivity contribution in [1.29, 1.82) is 0 Å². The molecule has 2 unspecified atom stereocenters. The third kappa shape index (κ3) is 1.61. The highest BCUT2D eigenvalue weighted by Gasteiger charge is 2.35. The van der Waals surface area contributed by atoms with E-state index in [2.05, 4.69) is 5.32 Å². The van der Waals surface area contributed by atoms with E-state index < -0.39 is 12.0 Å². The van der Waals surface area contributed by atoms with E-state index in [0.29, 0.717) is 11.4 Å². The monoisotopic (exact) mass is 211 g/mol. The second kappa shape index (κ2) is 3.59. The Bertz CT molecular complexity index is 361. The van der Waals surface area contributed by atoms with Crippen LogP contribution < -0.4 is 5.32 Å². The minimum absolute atomic E-state index is 0.0878. The minimum atomic E-state index is -0.798. The Hall–Kier alpha value is -1.06. The van der Waals surface area contributed by atoms with Crippen LogP contribution >= 0.6 is 11.6 Å². The second-order valence-corrected chi connectivity index (χ2v) is 3.77. The normalized spacial score (nSPS) is 25.5. The average Bonchev–Trinajstić information content (AvgIpc) is 2.05. The van der Waals surface area contributed by atoms with Crippen LogP contribution in [0.3, 0.4) is 0 Å². The van der Waals surface area contributed by atoms with Crippen molar-refractivity contribution in [2.24, 2.45) is 0 Å². The summed E-state index contributed by atoms with van der Waals surface area (Å²) < 4.78 is 0. The van der Waals surface area contributed by atoms with Crippen molar-refractivity contribution in [2.45, 2.75) is 18.5 Å². The molecule has 0 aromatic heterocycles. The van der Waals surface area contributed by atoms with E-state index in [0.717, 1.165) is 5.56 Å². The van der Waals surface area contributed by atoms with Crippen LogP contribution in [0.4, 0.5) is 0 Å². The molecule has 1 aromatic carbocycles. The van der Waals surface area contributed by atoms with Crippen LogP contribution in [0, 0.1) is 0 Å². The Morgan fingerprint density at radius 3 is 2.71 bits per heavy atom. The van der Waals surface area contributed by atoms with Crippen molar-refractivity contribution < 1.29 is 9.90 Å². The standard InChI is InChI=1S/C10H10ClNO2/c11-7-4-2-1-3-6(7)8-5-9(12-8)10(13)14/h1-4,8-9,12H,5H2,(H,13,14). The summed E-state index contributed by atoms with van der Waals surface area (Å²) in [4.78, 5) is 10.5. The van der Waals surface area contributed by atoms with Gasteiger partial charge in [-0.3, -0.25) is 10.1 Å². The Morgan fingerprint density at radius 2 is 2.14 bits per heavy atom. The first-order valence-corrected chi connectivity index (χ1v) is 4.79. The molecule has 1 saturated heterocycles. The lowest BCUT2D eigenvalue weighted by Gasteiger charge is -2.35. The van der Waals surface area contributed by atoms with Crippen molar-refractivity contribution in [1.82, 2.24) is 5.32 Å². The molecule has 14 heavy (non-hydrogen) atoms. The summed E-state index contributed by atoms with van der Waals surface area (Å²) in [6, 6.07) is 7.15. The summed E-state index contributed by atoms with van der Waals surface area (Å²) in [5.41, 5.74) is 0.978. The molecule has 2 N–H and O–H groups in total. The van der Waals surface area contributed by atoms with E-state index in [4.69, 9.17) is 16.7 Å². The van der Waals surface area contributed by atoms with Gasteiger partial charge in [-0.05, 0) is 18.1 Å². The molecule has 0 amide bonds. The van der Waals surface area contributed by atoms with Crippen LogP contribution in [0.15, 0.2) is 24.3 Å². The number of benzene rings is 1. The van der Waals surface area contributed by atoms with E-state index in [-0.39, 0.29) is 6.04 Å². The summed E-state index contributed by atoms with van der Waals surface area (Å²) in [7, 11) is 0. The van der Waals surface area contributed by atoms with Gasteiger partial charge in [0.1, 0.15) is 6.04 Å². The summed E-state index contributed by atoms with van der Waals surface area (Å²) in [5, 5.41) is 12.3. The molecule has 1 heterocycles. The highest BCUT2D eigenvalue weighted by molar-refractivity contribution is 6.31. The quantitative estimate of drug-likeness (QED) is 0.785. The molecule has 3 nitrogen and oxygen atoms in total. The third-order valence-corrected chi connectivity index (χ3v) is 2.80. The Morgan fingerprint density at radius 1 is 1.50 bits per heavy atom. The second-order valence-electron chi connectivity index (χ2n) is 3.37. The first kappa shape index (κ1) is 9.49. The van der Waals surface area contributed by atoms with Crippen LogP contribution in [-0.4, -0.2) is 17.1 Å². The van der Waals surface area contributed by atoms with Gasteiger partial charge in [0.2, 0.25) is 0 Å². The number of hydrogen-bond acceptors (Lipinski definition) is 2. The van der Waals surface area contributed by atoms with Gasteiger partial charge in [-0.25, -0.2) is 0 Å². The molecule has 74 valence electrons. The molecule has 2 atom stereocenters. The Balaban J connectivity index is 2.07. The molecule has 1 aliphatic rings. The van der Waals surface area contributed by atoms with Gasteiger partial charge in [-0.1, -0.05) is 29.8 Å². The van der Waals surface area contributed by atoms with Gasteiger partial charge in [-0.2, -0.15) is 0 Å². The number of aliphatic carboxylic acids is 1. The zero-order chi connectivity index (χ0) is 10.1. The van der Waals surface area contributed by atoms with Gasteiger partial charge >= 0.3 is 5.97 Å². The van der Waals surface area contributed by atoms with E-state index in [1.807, 2.05) is 24.3 Å². The summed E-state index contributed by atoms with van der Waals surface area (Å²) >= 11 is 5.97. The molecule has 1 fully saturated rings. The fraction of sp³-hybridized carbons (Fsp3) is 0.300. The zero-order valence-electron chi connectivity index (χ0n) is 7.40. The molecule has 2 rings (SSSR count). The molecular weight excluding hydrogens is 202 g/mol. The maximum atomic E-state index is 10.5. The number of carboxylic acids is 1. The first-order valence-electron chi connectivity index (χ1n) is 4.42. The van der Waals surface area contributed by atoms with Gasteiger partial charge in [0.05, 0.1) is 0 Å². The smallest absolute Gasteiger partial charge is 0.320 e. The van der Waals surface area contributed by atoms with Crippen LogP contribution in [0.2, 0.25) is 5.02 Å². The highest BCUT2D eigenvalue weighted by Crippen LogP contribution is 2.32. The SMILES string of the molecule is O=C(O)C1CC(c2ccccc2Cl)N1. The van der Waals surface area contributed by atoms with Gasteiger partial charge < -0.3 is 5.11 Å². The van der Waals surface area contributed by atoms with Crippen LogP contribution in [0.5, 0.6) is 0 Å². The molecule has 4 heteroatoms. The highest BCUT2D eigenvalue weighted by atomic mass is 35.5. The maximum Gasteiger partial charge on any atom is 0.320 e. The number of halogens is 1. The number of carbonyl (C=O) groups is 1. The van der Waals surface area contributed by atoms with Crippen molar-refractivity contribution in [2.75, 3.05) is 0 Å². The molecule has 0 saturated carbocycles. The van der Waals surface area contributed by atoms with Gasteiger partial charge in [-0.15, -0.1) is 0 Å². The van der Waals surface area contributed by atoms with E-state index >= 15 is 0 Å². The molecule has 0 aliphatic carbocycles. The lowest BCUT2D eigenvalue weighted by Crippen LogP contribution is -2.50. The predicted molar refractivity (Wildman–Crippen MR) is 53.4 cm³/mol. The number of carboxylic acid groups (broad SMARTS) is 1. The summed E-state index contributed by atoms with van der Waals surface area (Å²) in [6.07, 6.45) is 0.610. The van der Waals surface area contributed by atoms with E-state index in [9.17, 15) is 4.79 Å². The average molecular weight is 212 g/mol. The number of rotatable bonds is 2. The fourth-order valence-corrected chi connectivity index (χ4v) is 1.87. The lowest BCUT2D eigenvalue weighted by molar-refractivity contribution is -0.142. The topological polar surface area (TPSA) is 49.3 Å². The van der Waals surface area contributed by atoms with Crippen LogP contribution in [0.25, 0.3) is 0 Å².